The molecule has 4 rings (SSSR count). The van der Waals surface area contributed by atoms with Gasteiger partial charge in [-0.15, -0.1) is 0 Å². The zero-order valence-corrected chi connectivity index (χ0v) is 18.9. The highest BCUT2D eigenvalue weighted by Gasteiger charge is 2.20. The Bertz CT molecular complexity index is 1030. The summed E-state index contributed by atoms with van der Waals surface area (Å²) in [5, 5.41) is 0. The Morgan fingerprint density at radius 3 is 2.65 bits per heavy atom. The smallest absolute Gasteiger partial charge is 0.129 e. The van der Waals surface area contributed by atoms with Gasteiger partial charge < -0.3 is 15.4 Å². The van der Waals surface area contributed by atoms with Gasteiger partial charge in [0.25, 0.3) is 0 Å². The van der Waals surface area contributed by atoms with E-state index in [0.29, 0.717) is 0 Å². The van der Waals surface area contributed by atoms with Gasteiger partial charge in [0.05, 0.1) is 18.9 Å². The molecule has 0 amide bonds. The van der Waals surface area contributed by atoms with E-state index in [-0.39, 0.29) is 12.0 Å². The second-order valence-corrected chi connectivity index (χ2v) is 8.73. The number of rotatable bonds is 5. The van der Waals surface area contributed by atoms with Gasteiger partial charge in [-0.2, -0.15) is 0 Å². The van der Waals surface area contributed by atoms with E-state index in [4.69, 9.17) is 15.5 Å². The van der Waals surface area contributed by atoms with Gasteiger partial charge in [0.1, 0.15) is 5.82 Å². The van der Waals surface area contributed by atoms with Crippen molar-refractivity contribution in [2.75, 3.05) is 31.2 Å². The first kappa shape index (κ1) is 21.5. The molecule has 1 aliphatic carbocycles. The lowest BCUT2D eigenvalue weighted by Crippen LogP contribution is -2.36. The van der Waals surface area contributed by atoms with E-state index in [0.717, 1.165) is 49.8 Å². The molecule has 31 heavy (non-hydrogen) atoms. The van der Waals surface area contributed by atoms with Gasteiger partial charge in [-0.1, -0.05) is 49.4 Å². The number of hydrogen-bond acceptors (Lipinski definition) is 4. The summed E-state index contributed by atoms with van der Waals surface area (Å²) in [7, 11) is 0. The van der Waals surface area contributed by atoms with Crippen molar-refractivity contribution in [3.63, 3.8) is 0 Å². The summed E-state index contributed by atoms with van der Waals surface area (Å²) < 4.78 is 5.51. The first-order valence-electron chi connectivity index (χ1n) is 11.2. The molecule has 1 saturated heterocycles. The molecule has 0 radical (unpaired) electrons. The van der Waals surface area contributed by atoms with Crippen LogP contribution in [0.25, 0.3) is 16.8 Å². The van der Waals surface area contributed by atoms with Crippen LogP contribution in [0.15, 0.2) is 60.7 Å². The third kappa shape index (κ3) is 4.65. The van der Waals surface area contributed by atoms with E-state index in [1.807, 2.05) is 0 Å². The molecule has 1 aromatic heterocycles. The van der Waals surface area contributed by atoms with E-state index in [9.17, 15) is 0 Å². The Balaban J connectivity index is 1.83. The number of nitrogens with zero attached hydrogens (tertiary/aromatic N) is 2. The van der Waals surface area contributed by atoms with Gasteiger partial charge in [0.2, 0.25) is 0 Å². The van der Waals surface area contributed by atoms with Crippen molar-refractivity contribution < 1.29 is 4.74 Å². The molecule has 2 heterocycles. The van der Waals surface area contributed by atoms with Crippen LogP contribution >= 0.6 is 0 Å². The Labute approximate surface area is 186 Å². The van der Waals surface area contributed by atoms with Crippen molar-refractivity contribution in [3.05, 3.63) is 77.4 Å². The van der Waals surface area contributed by atoms with Gasteiger partial charge >= 0.3 is 0 Å². The van der Waals surface area contributed by atoms with Crippen molar-refractivity contribution in [2.45, 2.75) is 39.2 Å². The number of ether oxygens (including phenoxy) is 1. The number of morpholine rings is 1. The molecule has 2 aromatic rings. The predicted molar refractivity (Wildman–Crippen MR) is 130 cm³/mol. The summed E-state index contributed by atoms with van der Waals surface area (Å²) in [5.74, 6) is 1.26. The molecule has 1 aromatic carbocycles. The van der Waals surface area contributed by atoms with E-state index < -0.39 is 0 Å². The van der Waals surface area contributed by atoms with E-state index >= 15 is 0 Å². The van der Waals surface area contributed by atoms with Crippen LogP contribution in [0.5, 0.6) is 0 Å². The maximum absolute atomic E-state index is 6.32. The fourth-order valence-corrected chi connectivity index (χ4v) is 4.31. The lowest BCUT2D eigenvalue weighted by Gasteiger charge is -2.28. The number of hydrogen-bond donors (Lipinski definition) is 1. The summed E-state index contributed by atoms with van der Waals surface area (Å²) in [4.78, 5) is 7.36. The molecular formula is C27H33N3O. The number of nitrogens with two attached hydrogens (primary N) is 1. The summed E-state index contributed by atoms with van der Waals surface area (Å²) in [6.07, 6.45) is 7.48. The Kier molecular flexibility index (Phi) is 6.40. The van der Waals surface area contributed by atoms with E-state index in [1.165, 1.54) is 27.8 Å². The maximum Gasteiger partial charge on any atom is 0.129 e. The van der Waals surface area contributed by atoms with Crippen molar-refractivity contribution in [1.82, 2.24) is 4.98 Å². The molecule has 1 aliphatic heterocycles. The second kappa shape index (κ2) is 9.21. The van der Waals surface area contributed by atoms with Crippen LogP contribution in [0.4, 0.5) is 5.82 Å². The highest BCUT2D eigenvalue weighted by Crippen LogP contribution is 2.35. The van der Waals surface area contributed by atoms with Crippen molar-refractivity contribution in [2.24, 2.45) is 5.73 Å². The molecular weight excluding hydrogens is 382 g/mol. The zero-order valence-electron chi connectivity index (χ0n) is 18.9. The molecule has 0 saturated carbocycles. The minimum absolute atomic E-state index is 0.0697. The van der Waals surface area contributed by atoms with Crippen LogP contribution in [-0.4, -0.2) is 37.3 Å². The summed E-state index contributed by atoms with van der Waals surface area (Å²) in [6.45, 7) is 13.9. The SMILES string of the molecule is C=C1C=C(c2cc(-c3cccc(N4CCOCC4)n3)c(C)c(C(C)C(C)N)c2)C=CC1. The summed E-state index contributed by atoms with van der Waals surface area (Å²) in [6, 6.07) is 11.0. The van der Waals surface area contributed by atoms with Crippen LogP contribution in [0.2, 0.25) is 0 Å². The van der Waals surface area contributed by atoms with E-state index in [2.05, 4.69) is 80.8 Å². The Morgan fingerprint density at radius 2 is 1.94 bits per heavy atom. The fraction of sp³-hybridized carbons (Fsp3) is 0.370. The molecule has 1 fully saturated rings. The number of anilines is 1. The lowest BCUT2D eigenvalue weighted by atomic mass is 9.84. The highest BCUT2D eigenvalue weighted by atomic mass is 16.5. The van der Waals surface area contributed by atoms with Crippen LogP contribution < -0.4 is 10.6 Å². The molecule has 4 heteroatoms. The highest BCUT2D eigenvalue weighted by molar-refractivity contribution is 5.82. The topological polar surface area (TPSA) is 51.4 Å². The van der Waals surface area contributed by atoms with Crippen molar-refractivity contribution in [3.8, 4) is 11.3 Å². The zero-order chi connectivity index (χ0) is 22.0. The first-order chi connectivity index (χ1) is 14.9. The molecule has 0 spiro atoms. The normalized spacial score (nSPS) is 18.6. The molecule has 2 N–H and O–H groups in total. The van der Waals surface area contributed by atoms with Gasteiger partial charge in [0, 0.05) is 24.7 Å². The molecule has 2 atom stereocenters. The quantitative estimate of drug-likeness (QED) is 0.725. The van der Waals surface area contributed by atoms with Gasteiger partial charge in [-0.25, -0.2) is 4.98 Å². The van der Waals surface area contributed by atoms with Crippen LogP contribution in [0.3, 0.4) is 0 Å². The van der Waals surface area contributed by atoms with Crippen LogP contribution in [-0.2, 0) is 4.74 Å². The standard InChI is InChI=1S/C27H33N3O/c1-18-7-5-8-22(15-18)23-16-24(19(2)21(4)28)20(3)25(17-23)26-9-6-10-27(29-26)30-11-13-31-14-12-30/h5-6,8-10,15-17,19,21H,1,7,11-14,28H2,2-4H3. The number of aromatic nitrogens is 1. The third-order valence-electron chi connectivity index (χ3n) is 6.44. The average Bonchev–Trinajstić information content (AvgIpc) is 2.79. The maximum atomic E-state index is 6.32. The fourth-order valence-electron chi connectivity index (χ4n) is 4.31. The van der Waals surface area contributed by atoms with Gasteiger partial charge in [-0.05, 0) is 66.6 Å². The molecule has 162 valence electrons. The number of pyridine rings is 1. The Morgan fingerprint density at radius 1 is 1.16 bits per heavy atom. The predicted octanol–water partition coefficient (Wildman–Crippen LogP) is 5.24. The number of benzene rings is 1. The van der Waals surface area contributed by atoms with Crippen molar-refractivity contribution in [1.29, 1.82) is 0 Å². The molecule has 2 aliphatic rings. The minimum Gasteiger partial charge on any atom is -0.378 e. The second-order valence-electron chi connectivity index (χ2n) is 8.73. The number of allylic oxidation sites excluding steroid dienone is 5. The average molecular weight is 416 g/mol. The van der Waals surface area contributed by atoms with Gasteiger partial charge in [0.15, 0.2) is 0 Å². The molecule has 4 nitrogen and oxygen atoms in total. The molecule has 0 bridgehead atoms. The summed E-state index contributed by atoms with van der Waals surface area (Å²) in [5.41, 5.74) is 14.5. The lowest BCUT2D eigenvalue weighted by molar-refractivity contribution is 0.122. The van der Waals surface area contributed by atoms with Crippen molar-refractivity contribution >= 4 is 11.4 Å². The Hall–Kier alpha value is -2.69. The third-order valence-corrected chi connectivity index (χ3v) is 6.44. The monoisotopic (exact) mass is 415 g/mol. The van der Waals surface area contributed by atoms with Gasteiger partial charge in [-0.3, -0.25) is 0 Å². The first-order valence-corrected chi connectivity index (χ1v) is 11.2. The van der Waals surface area contributed by atoms with E-state index in [1.54, 1.807) is 0 Å². The summed E-state index contributed by atoms with van der Waals surface area (Å²) >= 11 is 0. The largest absolute Gasteiger partial charge is 0.378 e. The van der Waals surface area contributed by atoms with Crippen LogP contribution in [0, 0.1) is 6.92 Å². The van der Waals surface area contributed by atoms with Crippen LogP contribution in [0.1, 0.15) is 42.9 Å². The minimum atomic E-state index is 0.0697. The molecule has 2 unspecified atom stereocenters.